The van der Waals surface area contributed by atoms with E-state index < -0.39 is 0 Å². The number of methoxy groups -OCH3 is 2. The van der Waals surface area contributed by atoms with Crippen molar-refractivity contribution in [3.8, 4) is 0 Å². The zero-order valence-electron chi connectivity index (χ0n) is 7.02. The lowest BCUT2D eigenvalue weighted by Crippen LogP contribution is -2.36. The molecule has 0 aliphatic carbocycles. The van der Waals surface area contributed by atoms with Gasteiger partial charge in [-0.1, -0.05) is 6.92 Å². The lowest BCUT2D eigenvalue weighted by atomic mass is 10.3. The molecule has 3 nitrogen and oxygen atoms in total. The maximum absolute atomic E-state index is 4.97. The monoisotopic (exact) mass is 149 g/mol. The second-order valence-electron chi connectivity index (χ2n) is 2.17. The summed E-state index contributed by atoms with van der Waals surface area (Å²) in [6.07, 6.45) is 0. The van der Waals surface area contributed by atoms with E-state index in [9.17, 15) is 0 Å². The van der Waals surface area contributed by atoms with E-state index >= 15 is 0 Å². The van der Waals surface area contributed by atoms with Crippen LogP contribution in [-0.2, 0) is 9.47 Å². The van der Waals surface area contributed by atoms with E-state index in [4.69, 9.17) is 9.47 Å². The summed E-state index contributed by atoms with van der Waals surface area (Å²) in [5.74, 6) is 0. The summed E-state index contributed by atoms with van der Waals surface area (Å²) in [4.78, 5) is 0. The third kappa shape index (κ3) is 4.73. The molecule has 0 spiro atoms. The first-order valence-corrected chi connectivity index (χ1v) is 3.56. The number of nitrogens with one attached hydrogen (secondary N) is 1. The van der Waals surface area contributed by atoms with E-state index in [1.54, 1.807) is 14.2 Å². The Morgan fingerprint density at radius 2 is 1.80 bits per heavy atom. The molecule has 0 fully saturated rings. The Kier molecular flexibility index (Phi) is 6.91. The predicted molar refractivity (Wildman–Crippen MR) is 43.3 cm³/mol. The normalized spacial score (nSPS) is 10.8. The Hall–Kier alpha value is -0.120. The van der Waals surface area contributed by atoms with E-state index in [0.717, 1.165) is 6.54 Å². The minimum atomic E-state index is 0. The van der Waals surface area contributed by atoms with Crippen molar-refractivity contribution in [1.82, 2.24) is 5.32 Å². The van der Waals surface area contributed by atoms with Crippen molar-refractivity contribution in [3.05, 3.63) is 0 Å². The molecule has 0 aromatic heterocycles. The van der Waals surface area contributed by atoms with Gasteiger partial charge in [0.1, 0.15) is 0 Å². The van der Waals surface area contributed by atoms with Crippen molar-refractivity contribution in [2.75, 3.05) is 34.0 Å². The van der Waals surface area contributed by atoms with E-state index in [2.05, 4.69) is 12.2 Å². The van der Waals surface area contributed by atoms with Gasteiger partial charge in [-0.3, -0.25) is 0 Å². The molecule has 0 saturated carbocycles. The molecule has 3 heteroatoms. The Morgan fingerprint density at radius 3 is 2.10 bits per heavy atom. The van der Waals surface area contributed by atoms with Crippen LogP contribution in [0.25, 0.3) is 0 Å². The molecule has 0 rings (SSSR count). The Bertz CT molecular complexity index is 59.2. The van der Waals surface area contributed by atoms with Gasteiger partial charge in [0.15, 0.2) is 0 Å². The molecule has 0 saturated heterocycles. The van der Waals surface area contributed by atoms with Crippen LogP contribution in [-0.4, -0.2) is 40.0 Å². The van der Waals surface area contributed by atoms with Crippen LogP contribution < -0.4 is 5.32 Å². The van der Waals surface area contributed by atoms with Crippen molar-refractivity contribution in [3.63, 3.8) is 0 Å². The van der Waals surface area contributed by atoms with Gasteiger partial charge in [0.2, 0.25) is 0 Å². The highest BCUT2D eigenvalue weighted by Crippen LogP contribution is 1.84. The molecule has 0 aromatic rings. The van der Waals surface area contributed by atoms with Crippen molar-refractivity contribution in [2.24, 2.45) is 0 Å². The highest BCUT2D eigenvalue weighted by molar-refractivity contribution is 4.62. The van der Waals surface area contributed by atoms with Crippen LogP contribution in [0.3, 0.4) is 0 Å². The molecule has 0 aliphatic heterocycles. The van der Waals surface area contributed by atoms with E-state index in [1.807, 2.05) is 0 Å². The van der Waals surface area contributed by atoms with E-state index in [1.165, 1.54) is 0 Å². The van der Waals surface area contributed by atoms with Gasteiger partial charge in [0.25, 0.3) is 0 Å². The molecule has 0 unspecified atom stereocenters. The predicted octanol–water partition coefficient (Wildman–Crippen LogP) is 0.503. The molecule has 0 aliphatic rings. The first kappa shape index (κ1) is 9.88. The maximum Gasteiger partial charge on any atom is 0.0638 e. The van der Waals surface area contributed by atoms with Crippen LogP contribution in [0.5, 0.6) is 0 Å². The third-order valence-corrected chi connectivity index (χ3v) is 1.23. The molecule has 0 heterocycles. The summed E-state index contributed by atoms with van der Waals surface area (Å²) in [5.41, 5.74) is 0. The van der Waals surface area contributed by atoms with Crippen LogP contribution >= 0.6 is 0 Å². The minimum Gasteiger partial charge on any atom is -0.383 e. The second-order valence-corrected chi connectivity index (χ2v) is 2.17. The highest BCUT2D eigenvalue weighted by atomic mass is 16.5. The SMILES string of the molecule is CCNC(COC)COC.[HH]. The molecule has 0 radical (unpaired) electrons. The average molecular weight is 149 g/mol. The van der Waals surface area contributed by atoms with Crippen LogP contribution in [0, 0.1) is 0 Å². The summed E-state index contributed by atoms with van der Waals surface area (Å²) in [6, 6.07) is 0.333. The van der Waals surface area contributed by atoms with Crippen LogP contribution in [0.1, 0.15) is 8.35 Å². The minimum absolute atomic E-state index is 0. The first-order chi connectivity index (χ1) is 4.85. The highest BCUT2D eigenvalue weighted by Gasteiger charge is 2.03. The zero-order chi connectivity index (χ0) is 7.82. The first-order valence-electron chi connectivity index (χ1n) is 3.56. The molecule has 0 amide bonds. The topological polar surface area (TPSA) is 30.5 Å². The number of ether oxygens (including phenoxy) is 2. The van der Waals surface area contributed by atoms with E-state index in [0.29, 0.717) is 19.3 Å². The van der Waals surface area contributed by atoms with Crippen LogP contribution in [0.15, 0.2) is 0 Å². The van der Waals surface area contributed by atoms with Gasteiger partial charge >= 0.3 is 0 Å². The van der Waals surface area contributed by atoms with Crippen molar-refractivity contribution >= 4 is 0 Å². The average Bonchev–Trinajstić information content (AvgIpc) is 1.90. The molecule has 1 N–H and O–H groups in total. The van der Waals surface area contributed by atoms with Gasteiger partial charge in [0.05, 0.1) is 19.3 Å². The molecular weight excluding hydrogens is 130 g/mol. The molecular formula is C7H19NO2. The van der Waals surface area contributed by atoms with Gasteiger partial charge in [-0.25, -0.2) is 0 Å². The number of hydrogen-bond acceptors (Lipinski definition) is 3. The lowest BCUT2D eigenvalue weighted by Gasteiger charge is -2.14. The summed E-state index contributed by atoms with van der Waals surface area (Å²) >= 11 is 0. The second kappa shape index (κ2) is 6.99. The van der Waals surface area contributed by atoms with E-state index in [-0.39, 0.29) is 1.43 Å². The van der Waals surface area contributed by atoms with Crippen molar-refractivity contribution in [2.45, 2.75) is 13.0 Å². The Morgan fingerprint density at radius 1 is 1.30 bits per heavy atom. The van der Waals surface area contributed by atoms with Crippen LogP contribution in [0.4, 0.5) is 0 Å². The maximum atomic E-state index is 4.97. The van der Waals surface area contributed by atoms with Gasteiger partial charge in [-0.15, -0.1) is 0 Å². The number of hydrogen-bond donors (Lipinski definition) is 1. The van der Waals surface area contributed by atoms with Gasteiger partial charge in [-0.05, 0) is 6.54 Å². The summed E-state index contributed by atoms with van der Waals surface area (Å²) in [7, 11) is 3.39. The third-order valence-electron chi connectivity index (χ3n) is 1.23. The van der Waals surface area contributed by atoms with Gasteiger partial charge in [-0.2, -0.15) is 0 Å². The standard InChI is InChI=1S/C7H17NO2.H2/c1-4-8-7(5-9-2)6-10-3;/h7-8H,4-6H2,1-3H3;1H. The molecule has 0 atom stereocenters. The summed E-state index contributed by atoms with van der Waals surface area (Å²) < 4.78 is 9.93. The fraction of sp³-hybridized carbons (Fsp3) is 1.00. The van der Waals surface area contributed by atoms with Gasteiger partial charge in [0, 0.05) is 15.6 Å². The summed E-state index contributed by atoms with van der Waals surface area (Å²) in [6.45, 7) is 4.44. The fourth-order valence-corrected chi connectivity index (χ4v) is 0.857. The molecule has 0 aromatic carbocycles. The van der Waals surface area contributed by atoms with Crippen LogP contribution in [0.2, 0.25) is 0 Å². The number of likely N-dealkylation sites (N-methyl/N-ethyl adjacent to an activating group) is 1. The number of rotatable bonds is 6. The van der Waals surface area contributed by atoms with Crippen molar-refractivity contribution in [1.29, 1.82) is 0 Å². The Labute approximate surface area is 64.2 Å². The summed E-state index contributed by atoms with van der Waals surface area (Å²) in [5, 5.41) is 3.23. The smallest absolute Gasteiger partial charge is 0.0638 e. The largest absolute Gasteiger partial charge is 0.383 e. The molecule has 0 bridgehead atoms. The fourth-order valence-electron chi connectivity index (χ4n) is 0.857. The van der Waals surface area contributed by atoms with Crippen molar-refractivity contribution < 1.29 is 10.9 Å². The Balaban J connectivity index is 0. The molecule has 10 heavy (non-hydrogen) atoms. The quantitative estimate of drug-likeness (QED) is 0.596. The zero-order valence-corrected chi connectivity index (χ0v) is 7.02. The lowest BCUT2D eigenvalue weighted by molar-refractivity contribution is 0.104. The molecule has 64 valence electrons. The van der Waals surface area contributed by atoms with Gasteiger partial charge < -0.3 is 14.8 Å².